The Morgan fingerprint density at radius 1 is 1.33 bits per heavy atom. The molecule has 21 heavy (non-hydrogen) atoms. The number of carbonyl (C=O) groups excluding carboxylic acids is 1. The number of alkyl halides is 2. The molecule has 1 atom stereocenters. The first-order chi connectivity index (χ1) is 9.97. The van der Waals surface area contributed by atoms with Gasteiger partial charge in [-0.2, -0.15) is 8.78 Å². The molecule has 1 aromatic carbocycles. The predicted octanol–water partition coefficient (Wildman–Crippen LogP) is 2.87. The molecule has 0 radical (unpaired) electrons. The highest BCUT2D eigenvalue weighted by atomic mass is 19.3. The highest BCUT2D eigenvalue weighted by Crippen LogP contribution is 2.20. The van der Waals surface area contributed by atoms with Crippen LogP contribution in [0.5, 0.6) is 5.75 Å². The van der Waals surface area contributed by atoms with Crippen molar-refractivity contribution < 1.29 is 23.4 Å². The van der Waals surface area contributed by atoms with Crippen molar-refractivity contribution in [3.05, 3.63) is 29.8 Å². The van der Waals surface area contributed by atoms with Gasteiger partial charge in [0.1, 0.15) is 5.75 Å². The highest BCUT2D eigenvalue weighted by molar-refractivity contribution is 5.78. The Kier molecular flexibility index (Phi) is 7.08. The lowest BCUT2D eigenvalue weighted by Gasteiger charge is -2.16. The molecule has 1 rings (SSSR count). The summed E-state index contributed by atoms with van der Waals surface area (Å²) >= 11 is 0. The molecule has 0 aliphatic rings. The molecule has 6 heteroatoms. The molecule has 0 saturated carbocycles. The topological polar surface area (TPSA) is 58.6 Å². The standard InChI is InChI=1S/C15H21F2NO3/c1-3-10(4-2)14(20)18-9-13(19)11-6-5-7-12(8-11)21-15(16)17/h5-8,10,13,15,19H,3-4,9H2,1-2H3,(H,18,20). The number of ether oxygens (including phenoxy) is 1. The van der Waals surface area contributed by atoms with Gasteiger partial charge in [0.2, 0.25) is 5.91 Å². The van der Waals surface area contributed by atoms with Crippen molar-refractivity contribution >= 4 is 5.91 Å². The van der Waals surface area contributed by atoms with Gasteiger partial charge in [0.15, 0.2) is 0 Å². The minimum atomic E-state index is -2.91. The summed E-state index contributed by atoms with van der Waals surface area (Å²) in [6.45, 7) is 0.977. The van der Waals surface area contributed by atoms with Gasteiger partial charge in [-0.1, -0.05) is 26.0 Å². The van der Waals surface area contributed by atoms with E-state index in [1.165, 1.54) is 18.2 Å². The molecule has 4 nitrogen and oxygen atoms in total. The molecule has 118 valence electrons. The number of rotatable bonds is 8. The second kappa shape index (κ2) is 8.56. The molecule has 0 aromatic heterocycles. The Balaban J connectivity index is 2.59. The van der Waals surface area contributed by atoms with Gasteiger partial charge in [0, 0.05) is 12.5 Å². The summed E-state index contributed by atoms with van der Waals surface area (Å²) in [7, 11) is 0. The van der Waals surface area contributed by atoms with Crippen molar-refractivity contribution in [3.63, 3.8) is 0 Å². The zero-order valence-electron chi connectivity index (χ0n) is 12.2. The van der Waals surface area contributed by atoms with E-state index in [4.69, 9.17) is 0 Å². The summed E-state index contributed by atoms with van der Waals surface area (Å²) in [6.07, 6.45) is 0.497. The number of hydrogen-bond donors (Lipinski definition) is 2. The van der Waals surface area contributed by atoms with Crippen LogP contribution in [0.15, 0.2) is 24.3 Å². The fourth-order valence-corrected chi connectivity index (χ4v) is 2.02. The maximum atomic E-state index is 12.1. The Bertz CT molecular complexity index is 450. The van der Waals surface area contributed by atoms with Crippen LogP contribution in [-0.4, -0.2) is 24.2 Å². The van der Waals surface area contributed by atoms with Crippen LogP contribution >= 0.6 is 0 Å². The maximum Gasteiger partial charge on any atom is 0.387 e. The van der Waals surface area contributed by atoms with Crippen molar-refractivity contribution in [2.24, 2.45) is 5.92 Å². The molecule has 0 aliphatic heterocycles. The molecule has 1 amide bonds. The molecule has 2 N–H and O–H groups in total. The first-order valence-corrected chi connectivity index (χ1v) is 6.98. The summed E-state index contributed by atoms with van der Waals surface area (Å²) in [4.78, 5) is 11.8. The van der Waals surface area contributed by atoms with Crippen molar-refractivity contribution in [1.29, 1.82) is 0 Å². The fraction of sp³-hybridized carbons (Fsp3) is 0.533. The molecule has 1 aromatic rings. The summed E-state index contributed by atoms with van der Waals surface area (Å²) in [5, 5.41) is 12.7. The number of nitrogens with one attached hydrogen (secondary N) is 1. The zero-order chi connectivity index (χ0) is 15.8. The molecule has 0 spiro atoms. The quantitative estimate of drug-likeness (QED) is 0.776. The Hall–Kier alpha value is -1.69. The fourth-order valence-electron chi connectivity index (χ4n) is 2.02. The van der Waals surface area contributed by atoms with Crippen LogP contribution in [0.3, 0.4) is 0 Å². The molecular formula is C15H21F2NO3. The normalized spacial score (nSPS) is 12.5. The van der Waals surface area contributed by atoms with Crippen LogP contribution in [-0.2, 0) is 4.79 Å². The lowest BCUT2D eigenvalue weighted by atomic mass is 10.0. The molecule has 0 bridgehead atoms. The lowest BCUT2D eigenvalue weighted by Crippen LogP contribution is -2.33. The van der Waals surface area contributed by atoms with Crippen molar-refractivity contribution in [3.8, 4) is 5.75 Å². The van der Waals surface area contributed by atoms with Gasteiger partial charge in [-0.15, -0.1) is 0 Å². The van der Waals surface area contributed by atoms with Gasteiger partial charge in [0.05, 0.1) is 6.10 Å². The molecular weight excluding hydrogens is 280 g/mol. The Morgan fingerprint density at radius 2 is 2.00 bits per heavy atom. The number of aliphatic hydroxyl groups excluding tert-OH is 1. The van der Waals surface area contributed by atoms with E-state index in [0.29, 0.717) is 5.56 Å². The molecule has 1 unspecified atom stereocenters. The number of benzene rings is 1. The van der Waals surface area contributed by atoms with E-state index in [1.807, 2.05) is 13.8 Å². The van der Waals surface area contributed by atoms with E-state index in [9.17, 15) is 18.7 Å². The second-order valence-corrected chi connectivity index (χ2v) is 4.73. The van der Waals surface area contributed by atoms with Crippen LogP contribution in [0.2, 0.25) is 0 Å². The van der Waals surface area contributed by atoms with Crippen molar-refractivity contribution in [2.45, 2.75) is 39.4 Å². The number of halogens is 2. The number of hydrogen-bond acceptors (Lipinski definition) is 3. The van der Waals surface area contributed by atoms with E-state index in [2.05, 4.69) is 10.1 Å². The molecule has 0 saturated heterocycles. The Labute approximate surface area is 123 Å². The van der Waals surface area contributed by atoms with Crippen LogP contribution in [0.25, 0.3) is 0 Å². The summed E-state index contributed by atoms with van der Waals surface area (Å²) < 4.78 is 28.5. The van der Waals surface area contributed by atoms with Gasteiger partial charge in [0.25, 0.3) is 0 Å². The van der Waals surface area contributed by atoms with E-state index in [0.717, 1.165) is 12.8 Å². The minimum absolute atomic E-state index is 0.0205. The second-order valence-electron chi connectivity index (χ2n) is 4.73. The van der Waals surface area contributed by atoms with E-state index < -0.39 is 12.7 Å². The first-order valence-electron chi connectivity index (χ1n) is 6.98. The van der Waals surface area contributed by atoms with E-state index in [-0.39, 0.29) is 24.1 Å². The Morgan fingerprint density at radius 3 is 2.57 bits per heavy atom. The molecule has 0 aliphatic carbocycles. The number of carbonyl (C=O) groups is 1. The average molecular weight is 301 g/mol. The van der Waals surface area contributed by atoms with Gasteiger partial charge < -0.3 is 15.2 Å². The number of amides is 1. The van der Waals surface area contributed by atoms with E-state index >= 15 is 0 Å². The van der Waals surface area contributed by atoms with Crippen LogP contribution < -0.4 is 10.1 Å². The number of aliphatic hydroxyl groups is 1. The van der Waals surface area contributed by atoms with Crippen LogP contribution in [0.1, 0.15) is 38.4 Å². The summed E-state index contributed by atoms with van der Waals surface area (Å²) in [6, 6.07) is 5.82. The predicted molar refractivity (Wildman–Crippen MR) is 75.1 cm³/mol. The highest BCUT2D eigenvalue weighted by Gasteiger charge is 2.16. The minimum Gasteiger partial charge on any atom is -0.435 e. The first kappa shape index (κ1) is 17.4. The molecule has 0 heterocycles. The zero-order valence-corrected chi connectivity index (χ0v) is 12.2. The summed E-state index contributed by atoms with van der Waals surface area (Å²) in [5.41, 5.74) is 0.415. The van der Waals surface area contributed by atoms with Gasteiger partial charge in [-0.3, -0.25) is 4.79 Å². The van der Waals surface area contributed by atoms with Crippen LogP contribution in [0.4, 0.5) is 8.78 Å². The van der Waals surface area contributed by atoms with Gasteiger partial charge in [-0.25, -0.2) is 0 Å². The third-order valence-corrected chi connectivity index (χ3v) is 3.29. The summed E-state index contributed by atoms with van der Waals surface area (Å²) in [5.74, 6) is -0.211. The van der Waals surface area contributed by atoms with Crippen molar-refractivity contribution in [1.82, 2.24) is 5.32 Å². The third kappa shape index (κ3) is 5.67. The van der Waals surface area contributed by atoms with Gasteiger partial charge in [-0.05, 0) is 30.5 Å². The lowest BCUT2D eigenvalue weighted by molar-refractivity contribution is -0.125. The smallest absolute Gasteiger partial charge is 0.387 e. The SMILES string of the molecule is CCC(CC)C(=O)NCC(O)c1cccc(OC(F)F)c1. The monoisotopic (exact) mass is 301 g/mol. The van der Waals surface area contributed by atoms with Crippen molar-refractivity contribution in [2.75, 3.05) is 6.54 Å². The average Bonchev–Trinajstić information content (AvgIpc) is 2.45. The largest absolute Gasteiger partial charge is 0.435 e. The molecule has 0 fully saturated rings. The third-order valence-electron chi connectivity index (χ3n) is 3.29. The van der Waals surface area contributed by atoms with Gasteiger partial charge >= 0.3 is 6.61 Å². The maximum absolute atomic E-state index is 12.1. The van der Waals surface area contributed by atoms with Crippen LogP contribution in [0, 0.1) is 5.92 Å². The van der Waals surface area contributed by atoms with E-state index in [1.54, 1.807) is 6.07 Å².